The van der Waals surface area contributed by atoms with Gasteiger partial charge in [0.1, 0.15) is 12.2 Å². The molecule has 0 fully saturated rings. The predicted octanol–water partition coefficient (Wildman–Crippen LogP) is 0.500. The average molecular weight is 203 g/mol. The molecule has 1 N–H and O–H groups in total. The Morgan fingerprint density at radius 3 is 2.87 bits per heavy atom. The molecule has 2 aromatic heterocycles. The normalized spacial score (nSPS) is 10.5. The maximum atomic E-state index is 4.21. The van der Waals surface area contributed by atoms with Crippen LogP contribution in [0.25, 0.3) is 0 Å². The molecule has 0 amide bonds. The number of hydrogen-bond donors (Lipinski definition) is 1. The summed E-state index contributed by atoms with van der Waals surface area (Å²) in [6, 6.07) is 1.89. The number of rotatable bonds is 4. The van der Waals surface area contributed by atoms with Crippen molar-refractivity contribution in [2.24, 2.45) is 7.05 Å². The number of aryl methyl sites for hydroxylation is 1. The Balaban J connectivity index is 1.83. The van der Waals surface area contributed by atoms with E-state index in [1.165, 1.54) is 0 Å². The molecule has 5 heteroatoms. The average Bonchev–Trinajstić information content (AvgIpc) is 2.66. The van der Waals surface area contributed by atoms with Gasteiger partial charge >= 0.3 is 0 Å². The molecule has 78 valence electrons. The lowest BCUT2D eigenvalue weighted by Crippen LogP contribution is -2.16. The van der Waals surface area contributed by atoms with Crippen LogP contribution in [0.4, 0.5) is 0 Å². The topological polar surface area (TPSA) is 55.6 Å². The van der Waals surface area contributed by atoms with Crippen LogP contribution in [0.1, 0.15) is 11.5 Å². The van der Waals surface area contributed by atoms with E-state index in [1.807, 2.05) is 23.9 Å². The highest BCUT2D eigenvalue weighted by Crippen LogP contribution is 1.95. The summed E-state index contributed by atoms with van der Waals surface area (Å²) in [6.07, 6.45) is 7.02. The molecule has 0 aliphatic heterocycles. The quantitative estimate of drug-likeness (QED) is 0.786. The second-order valence-corrected chi connectivity index (χ2v) is 3.26. The van der Waals surface area contributed by atoms with E-state index in [9.17, 15) is 0 Å². The molecule has 0 aromatic carbocycles. The molecule has 0 unspecified atom stereocenters. The lowest BCUT2D eigenvalue weighted by atomic mass is 10.4. The van der Waals surface area contributed by atoms with Crippen LogP contribution < -0.4 is 5.32 Å². The largest absolute Gasteiger partial charge is 0.337 e. The molecular weight excluding hydrogens is 190 g/mol. The zero-order valence-corrected chi connectivity index (χ0v) is 8.59. The smallest absolute Gasteiger partial charge is 0.122 e. The molecule has 0 saturated heterocycles. The highest BCUT2D eigenvalue weighted by molar-refractivity contribution is 4.98. The SMILES string of the molecule is Cn1ccnc1CNCc1ccncn1. The summed E-state index contributed by atoms with van der Waals surface area (Å²) < 4.78 is 1.99. The van der Waals surface area contributed by atoms with Crippen LogP contribution in [0.15, 0.2) is 31.0 Å². The summed E-state index contributed by atoms with van der Waals surface area (Å²) in [7, 11) is 1.98. The van der Waals surface area contributed by atoms with Crippen molar-refractivity contribution in [3.8, 4) is 0 Å². The van der Waals surface area contributed by atoms with E-state index in [0.717, 1.165) is 24.6 Å². The second-order valence-electron chi connectivity index (χ2n) is 3.26. The fourth-order valence-electron chi connectivity index (χ4n) is 1.29. The van der Waals surface area contributed by atoms with E-state index in [0.29, 0.717) is 0 Å². The van der Waals surface area contributed by atoms with Crippen molar-refractivity contribution in [1.29, 1.82) is 0 Å². The van der Waals surface area contributed by atoms with E-state index in [-0.39, 0.29) is 0 Å². The molecule has 0 atom stereocenters. The van der Waals surface area contributed by atoms with E-state index >= 15 is 0 Å². The van der Waals surface area contributed by atoms with E-state index in [4.69, 9.17) is 0 Å². The van der Waals surface area contributed by atoms with Gasteiger partial charge in [-0.25, -0.2) is 15.0 Å². The van der Waals surface area contributed by atoms with Crippen molar-refractivity contribution in [1.82, 2.24) is 24.8 Å². The van der Waals surface area contributed by atoms with Gasteiger partial charge < -0.3 is 9.88 Å². The van der Waals surface area contributed by atoms with Gasteiger partial charge in [-0.15, -0.1) is 0 Å². The molecule has 0 bridgehead atoms. The number of imidazole rings is 1. The Labute approximate surface area is 88.2 Å². The van der Waals surface area contributed by atoms with Crippen molar-refractivity contribution in [3.05, 3.63) is 42.5 Å². The monoisotopic (exact) mass is 203 g/mol. The highest BCUT2D eigenvalue weighted by Gasteiger charge is 1.98. The summed E-state index contributed by atoms with van der Waals surface area (Å²) in [5, 5.41) is 3.27. The fraction of sp³-hybridized carbons (Fsp3) is 0.300. The molecule has 2 aromatic rings. The molecule has 0 aliphatic carbocycles. The van der Waals surface area contributed by atoms with E-state index in [1.54, 1.807) is 18.7 Å². The van der Waals surface area contributed by atoms with Gasteiger partial charge in [0.2, 0.25) is 0 Å². The molecule has 2 rings (SSSR count). The molecule has 0 aliphatic rings. The first-order valence-electron chi connectivity index (χ1n) is 4.78. The lowest BCUT2D eigenvalue weighted by molar-refractivity contribution is 0.629. The maximum Gasteiger partial charge on any atom is 0.122 e. The highest BCUT2D eigenvalue weighted by atomic mass is 15.1. The maximum absolute atomic E-state index is 4.21. The van der Waals surface area contributed by atoms with Crippen LogP contribution in [-0.4, -0.2) is 19.5 Å². The third-order valence-electron chi connectivity index (χ3n) is 2.15. The molecule has 0 spiro atoms. The number of nitrogens with zero attached hydrogens (tertiary/aromatic N) is 4. The summed E-state index contributed by atoms with van der Waals surface area (Å²) in [5.74, 6) is 1.02. The third kappa shape index (κ3) is 2.60. The summed E-state index contributed by atoms with van der Waals surface area (Å²) in [6.45, 7) is 1.48. The molecule has 2 heterocycles. The van der Waals surface area contributed by atoms with Crippen molar-refractivity contribution in [2.75, 3.05) is 0 Å². The van der Waals surface area contributed by atoms with Crippen molar-refractivity contribution in [2.45, 2.75) is 13.1 Å². The standard InChI is InChI=1S/C10H13N5/c1-15-5-4-13-10(15)7-12-6-9-2-3-11-8-14-9/h2-5,8,12H,6-7H2,1H3. The van der Waals surface area contributed by atoms with Gasteiger partial charge in [-0.3, -0.25) is 0 Å². The Bertz CT molecular complexity index is 409. The van der Waals surface area contributed by atoms with Crippen molar-refractivity contribution in [3.63, 3.8) is 0 Å². The lowest BCUT2D eigenvalue weighted by Gasteiger charge is -2.03. The van der Waals surface area contributed by atoms with Crippen molar-refractivity contribution >= 4 is 0 Å². The summed E-state index contributed by atoms with van der Waals surface area (Å²) >= 11 is 0. The Morgan fingerprint density at radius 2 is 2.20 bits per heavy atom. The Morgan fingerprint density at radius 1 is 1.27 bits per heavy atom. The minimum absolute atomic E-state index is 0.732. The number of nitrogens with one attached hydrogen (secondary N) is 1. The van der Waals surface area contributed by atoms with Gasteiger partial charge in [-0.1, -0.05) is 0 Å². The van der Waals surface area contributed by atoms with Gasteiger partial charge in [0.25, 0.3) is 0 Å². The summed E-state index contributed by atoms with van der Waals surface area (Å²) in [4.78, 5) is 12.2. The number of hydrogen-bond acceptors (Lipinski definition) is 4. The van der Waals surface area contributed by atoms with Gasteiger partial charge in [0.05, 0.1) is 12.2 Å². The van der Waals surface area contributed by atoms with E-state index in [2.05, 4.69) is 20.3 Å². The molecule has 0 saturated carbocycles. The first-order chi connectivity index (χ1) is 7.36. The minimum Gasteiger partial charge on any atom is -0.337 e. The van der Waals surface area contributed by atoms with Crippen LogP contribution in [-0.2, 0) is 20.1 Å². The molecule has 0 radical (unpaired) electrons. The molecular formula is C10H13N5. The van der Waals surface area contributed by atoms with Crippen molar-refractivity contribution < 1.29 is 0 Å². The third-order valence-corrected chi connectivity index (χ3v) is 2.15. The van der Waals surface area contributed by atoms with Crippen LogP contribution in [0.2, 0.25) is 0 Å². The first-order valence-corrected chi connectivity index (χ1v) is 4.78. The van der Waals surface area contributed by atoms with Gasteiger partial charge in [0.15, 0.2) is 0 Å². The van der Waals surface area contributed by atoms with Crippen LogP contribution in [0.3, 0.4) is 0 Å². The molecule has 15 heavy (non-hydrogen) atoms. The van der Waals surface area contributed by atoms with Gasteiger partial charge in [-0.2, -0.15) is 0 Å². The van der Waals surface area contributed by atoms with Crippen LogP contribution in [0.5, 0.6) is 0 Å². The Hall–Kier alpha value is -1.75. The van der Waals surface area contributed by atoms with E-state index < -0.39 is 0 Å². The van der Waals surface area contributed by atoms with Gasteiger partial charge in [0, 0.05) is 32.2 Å². The number of aromatic nitrogens is 4. The summed E-state index contributed by atoms with van der Waals surface area (Å²) in [5.41, 5.74) is 0.985. The second kappa shape index (κ2) is 4.65. The van der Waals surface area contributed by atoms with Crippen LogP contribution >= 0.6 is 0 Å². The Kier molecular flexibility index (Phi) is 3.04. The molecule has 5 nitrogen and oxygen atoms in total. The minimum atomic E-state index is 0.732. The van der Waals surface area contributed by atoms with Gasteiger partial charge in [-0.05, 0) is 6.07 Å². The zero-order valence-electron chi connectivity index (χ0n) is 8.59. The predicted molar refractivity (Wildman–Crippen MR) is 55.8 cm³/mol. The van der Waals surface area contributed by atoms with Crippen LogP contribution in [0, 0.1) is 0 Å². The zero-order chi connectivity index (χ0) is 10.5. The first kappa shape index (κ1) is 9.79. The fourth-order valence-corrected chi connectivity index (χ4v) is 1.29.